The van der Waals surface area contributed by atoms with Gasteiger partial charge < -0.3 is 15.0 Å². The Morgan fingerprint density at radius 2 is 2.08 bits per heavy atom. The molecule has 0 saturated carbocycles. The molecule has 0 bridgehead atoms. The number of imide groups is 1. The summed E-state index contributed by atoms with van der Waals surface area (Å²) in [5, 5.41) is 4.67. The minimum Gasteiger partial charge on any atom is -0.372 e. The lowest BCUT2D eigenvalue weighted by atomic mass is 10.1. The highest BCUT2D eigenvalue weighted by atomic mass is 16.5. The number of carbonyl (C=O) groups excluding carboxylic acids is 3. The molecule has 2 saturated heterocycles. The third kappa shape index (κ3) is 4.76. The van der Waals surface area contributed by atoms with Gasteiger partial charge in [-0.3, -0.25) is 19.9 Å². The topological polar surface area (TPSA) is 101 Å². The van der Waals surface area contributed by atoms with Crippen LogP contribution in [0.4, 0.5) is 4.79 Å². The lowest BCUT2D eigenvalue weighted by Gasteiger charge is -2.32. The van der Waals surface area contributed by atoms with Crippen LogP contribution in [0, 0.1) is 0 Å². The molecule has 0 aliphatic carbocycles. The molecule has 1 aromatic heterocycles. The van der Waals surface area contributed by atoms with Crippen LogP contribution in [-0.2, 0) is 20.9 Å². The van der Waals surface area contributed by atoms with Crippen molar-refractivity contribution in [2.24, 2.45) is 0 Å². The van der Waals surface area contributed by atoms with Crippen LogP contribution in [0.1, 0.15) is 31.4 Å². The third-order valence-electron chi connectivity index (χ3n) is 4.49. The fraction of sp³-hybridized carbons (Fsp3) is 0.529. The molecule has 0 aromatic carbocycles. The Bertz CT molecular complexity index is 629. The van der Waals surface area contributed by atoms with Crippen molar-refractivity contribution in [3.8, 4) is 0 Å². The second-order valence-corrected chi connectivity index (χ2v) is 6.27. The van der Waals surface area contributed by atoms with Crippen LogP contribution in [0.3, 0.4) is 0 Å². The first-order chi connectivity index (χ1) is 12.1. The first kappa shape index (κ1) is 17.3. The summed E-state index contributed by atoms with van der Waals surface area (Å²) in [6.45, 7) is 1.78. The smallest absolute Gasteiger partial charge is 0.322 e. The van der Waals surface area contributed by atoms with Crippen LogP contribution in [-0.4, -0.2) is 53.0 Å². The molecule has 2 aliphatic heterocycles. The van der Waals surface area contributed by atoms with Crippen molar-refractivity contribution in [1.82, 2.24) is 20.5 Å². The van der Waals surface area contributed by atoms with E-state index in [0.29, 0.717) is 26.1 Å². The maximum absolute atomic E-state index is 12.3. The van der Waals surface area contributed by atoms with E-state index in [-0.39, 0.29) is 24.3 Å². The van der Waals surface area contributed by atoms with Crippen molar-refractivity contribution in [1.29, 1.82) is 0 Å². The largest absolute Gasteiger partial charge is 0.372 e. The molecule has 8 nitrogen and oxygen atoms in total. The molecule has 1 atom stereocenters. The number of aromatic nitrogens is 1. The fourth-order valence-electron chi connectivity index (χ4n) is 3.05. The zero-order valence-corrected chi connectivity index (χ0v) is 13.9. The zero-order chi connectivity index (χ0) is 17.6. The number of urea groups is 1. The predicted octanol–water partition coefficient (Wildman–Crippen LogP) is 0.577. The molecule has 134 valence electrons. The molecule has 4 amide bonds. The molecule has 1 unspecified atom stereocenters. The summed E-state index contributed by atoms with van der Waals surface area (Å²) in [5.41, 5.74) is 0.901. The monoisotopic (exact) mass is 346 g/mol. The number of ether oxygens (including phenoxy) is 1. The molecular weight excluding hydrogens is 324 g/mol. The number of carbonyl (C=O) groups is 3. The van der Waals surface area contributed by atoms with Gasteiger partial charge in [-0.15, -0.1) is 0 Å². The number of hydrogen-bond acceptors (Lipinski definition) is 5. The minimum absolute atomic E-state index is 0.0112. The van der Waals surface area contributed by atoms with Gasteiger partial charge in [0.25, 0.3) is 5.91 Å². The molecule has 3 rings (SSSR count). The Morgan fingerprint density at radius 1 is 1.28 bits per heavy atom. The van der Waals surface area contributed by atoms with E-state index in [4.69, 9.17) is 4.74 Å². The third-order valence-corrected chi connectivity index (χ3v) is 4.49. The highest BCUT2D eigenvalue weighted by Gasteiger charge is 2.30. The number of rotatable bonds is 6. The lowest BCUT2D eigenvalue weighted by molar-refractivity contribution is -0.134. The number of likely N-dealkylation sites (tertiary alicyclic amines) is 1. The van der Waals surface area contributed by atoms with Crippen LogP contribution in [0.25, 0.3) is 0 Å². The van der Waals surface area contributed by atoms with Crippen LogP contribution in [0.5, 0.6) is 0 Å². The van der Waals surface area contributed by atoms with Crippen LogP contribution in [0.15, 0.2) is 24.4 Å². The average molecular weight is 346 g/mol. The van der Waals surface area contributed by atoms with Crippen LogP contribution in [0.2, 0.25) is 0 Å². The predicted molar refractivity (Wildman–Crippen MR) is 88.3 cm³/mol. The average Bonchev–Trinajstić information content (AvgIpc) is 2.96. The van der Waals surface area contributed by atoms with Gasteiger partial charge in [-0.25, -0.2) is 4.79 Å². The molecule has 0 radical (unpaired) electrons. The van der Waals surface area contributed by atoms with Gasteiger partial charge in [-0.2, -0.15) is 0 Å². The number of nitrogens with zero attached hydrogens (tertiary/aromatic N) is 2. The van der Waals surface area contributed by atoms with Gasteiger partial charge >= 0.3 is 6.03 Å². The molecule has 2 fully saturated rings. The highest BCUT2D eigenvalue weighted by molar-refractivity contribution is 6.04. The van der Waals surface area contributed by atoms with Crippen molar-refractivity contribution < 1.29 is 19.1 Å². The first-order valence-electron chi connectivity index (χ1n) is 8.52. The number of hydrogen-bond donors (Lipinski definition) is 2. The highest BCUT2D eigenvalue weighted by Crippen LogP contribution is 2.17. The molecule has 3 heterocycles. The molecule has 8 heteroatoms. The van der Waals surface area contributed by atoms with E-state index in [9.17, 15) is 14.4 Å². The van der Waals surface area contributed by atoms with Gasteiger partial charge in [0.1, 0.15) is 6.04 Å². The maximum atomic E-state index is 12.3. The van der Waals surface area contributed by atoms with E-state index >= 15 is 0 Å². The number of nitrogens with one attached hydrogen (secondary N) is 2. The number of amides is 4. The van der Waals surface area contributed by atoms with Gasteiger partial charge in [0, 0.05) is 25.7 Å². The summed E-state index contributed by atoms with van der Waals surface area (Å²) in [4.78, 5) is 40.8. The maximum Gasteiger partial charge on any atom is 0.322 e. The van der Waals surface area contributed by atoms with Crippen molar-refractivity contribution in [2.45, 2.75) is 44.4 Å². The van der Waals surface area contributed by atoms with Crippen molar-refractivity contribution >= 4 is 17.8 Å². The zero-order valence-electron chi connectivity index (χ0n) is 13.9. The van der Waals surface area contributed by atoms with E-state index < -0.39 is 12.1 Å². The van der Waals surface area contributed by atoms with Gasteiger partial charge in [-0.05, 0) is 31.4 Å². The van der Waals surface area contributed by atoms with Crippen molar-refractivity contribution in [2.75, 3.05) is 13.1 Å². The standard InChI is InChI=1S/C17H22N4O4/c22-15(5-4-14-16(23)20-17(24)19-14)21-9-6-13(7-10-21)25-11-12-3-1-2-8-18-12/h1-3,8,13-14H,4-7,9-11H2,(H2,19,20,23,24). The summed E-state index contributed by atoms with van der Waals surface area (Å²) in [5.74, 6) is -0.350. The minimum atomic E-state index is -0.601. The van der Waals surface area contributed by atoms with E-state index in [2.05, 4.69) is 15.6 Å². The summed E-state index contributed by atoms with van der Waals surface area (Å²) in [7, 11) is 0. The lowest BCUT2D eigenvalue weighted by Crippen LogP contribution is -2.41. The Labute approximate surface area is 145 Å². The summed E-state index contributed by atoms with van der Waals surface area (Å²) >= 11 is 0. The summed E-state index contributed by atoms with van der Waals surface area (Å²) in [6, 6.07) is 4.63. The Kier molecular flexibility index (Phi) is 5.60. The Hall–Kier alpha value is -2.48. The molecule has 25 heavy (non-hydrogen) atoms. The quantitative estimate of drug-likeness (QED) is 0.734. The van der Waals surface area contributed by atoms with Crippen LogP contribution >= 0.6 is 0 Å². The second-order valence-electron chi connectivity index (χ2n) is 6.27. The first-order valence-corrected chi connectivity index (χ1v) is 8.52. The molecule has 0 spiro atoms. The van der Waals surface area contributed by atoms with E-state index in [0.717, 1.165) is 18.5 Å². The van der Waals surface area contributed by atoms with Crippen molar-refractivity contribution in [3.05, 3.63) is 30.1 Å². The van der Waals surface area contributed by atoms with E-state index in [1.807, 2.05) is 18.2 Å². The molecule has 1 aromatic rings. The normalized spacial score (nSPS) is 21.1. The Balaban J connectivity index is 1.36. The molecular formula is C17H22N4O4. The van der Waals surface area contributed by atoms with Gasteiger partial charge in [0.05, 0.1) is 18.4 Å². The number of pyridine rings is 1. The van der Waals surface area contributed by atoms with E-state index in [1.165, 1.54) is 0 Å². The van der Waals surface area contributed by atoms with Gasteiger partial charge in [0.2, 0.25) is 5.91 Å². The van der Waals surface area contributed by atoms with Gasteiger partial charge in [0.15, 0.2) is 0 Å². The fourth-order valence-corrected chi connectivity index (χ4v) is 3.05. The Morgan fingerprint density at radius 3 is 2.72 bits per heavy atom. The van der Waals surface area contributed by atoms with E-state index in [1.54, 1.807) is 11.1 Å². The molecule has 2 N–H and O–H groups in total. The SMILES string of the molecule is O=C1NC(=O)C(CCC(=O)N2CCC(OCc3ccccn3)CC2)N1. The second kappa shape index (κ2) is 8.06. The summed E-state index contributed by atoms with van der Waals surface area (Å²) in [6.07, 6.45) is 4.03. The van der Waals surface area contributed by atoms with Gasteiger partial charge in [-0.1, -0.05) is 6.07 Å². The molecule has 2 aliphatic rings. The van der Waals surface area contributed by atoms with Crippen molar-refractivity contribution in [3.63, 3.8) is 0 Å². The summed E-state index contributed by atoms with van der Waals surface area (Å²) < 4.78 is 5.86. The van der Waals surface area contributed by atoms with Crippen LogP contribution < -0.4 is 10.6 Å². The number of piperidine rings is 1.